The molecule has 1 amide bonds. The van der Waals surface area contributed by atoms with Gasteiger partial charge in [-0.1, -0.05) is 0 Å². The molecule has 1 saturated heterocycles. The molecule has 0 bridgehead atoms. The number of carbonyl (C=O) groups excluding carboxylic acids is 1. The largest absolute Gasteiger partial charge is 0.370 e. The molecule has 5 nitrogen and oxygen atoms in total. The summed E-state index contributed by atoms with van der Waals surface area (Å²) in [6.45, 7) is 8.43. The van der Waals surface area contributed by atoms with Crippen molar-refractivity contribution in [3.8, 4) is 0 Å². The summed E-state index contributed by atoms with van der Waals surface area (Å²) < 4.78 is 11.1. The lowest BCUT2D eigenvalue weighted by molar-refractivity contribution is -0.142. The second-order valence-electron chi connectivity index (χ2n) is 5.08. The Morgan fingerprint density at radius 3 is 2.32 bits per heavy atom. The van der Waals surface area contributed by atoms with Crippen LogP contribution >= 0.6 is 0 Å². The smallest absolute Gasteiger partial charge is 0.217 e. The SMILES string of the molecule is CCOC(CCN1CCC(CC(N)=O)CC1)OCC. The van der Waals surface area contributed by atoms with Crippen molar-refractivity contribution in [1.82, 2.24) is 4.90 Å². The van der Waals surface area contributed by atoms with Crippen LogP contribution in [-0.4, -0.2) is 49.9 Å². The molecule has 1 aliphatic rings. The fourth-order valence-corrected chi connectivity index (χ4v) is 2.57. The van der Waals surface area contributed by atoms with E-state index >= 15 is 0 Å². The lowest BCUT2D eigenvalue weighted by Crippen LogP contribution is -2.37. The van der Waals surface area contributed by atoms with Crippen LogP contribution in [0.5, 0.6) is 0 Å². The molecule has 0 radical (unpaired) electrons. The topological polar surface area (TPSA) is 64.8 Å². The lowest BCUT2D eigenvalue weighted by Gasteiger charge is -2.32. The van der Waals surface area contributed by atoms with E-state index in [0.717, 1.165) is 38.9 Å². The first-order valence-corrected chi connectivity index (χ1v) is 7.39. The highest BCUT2D eigenvalue weighted by Crippen LogP contribution is 2.20. The number of nitrogens with zero attached hydrogens (tertiary/aromatic N) is 1. The van der Waals surface area contributed by atoms with Crippen LogP contribution in [0.25, 0.3) is 0 Å². The standard InChI is InChI=1S/C14H28N2O3/c1-3-18-14(19-4-2)7-10-16-8-5-12(6-9-16)11-13(15)17/h12,14H,3-11H2,1-2H3,(H2,15,17). The summed E-state index contributed by atoms with van der Waals surface area (Å²) in [5.41, 5.74) is 5.24. The number of amides is 1. The molecule has 0 aromatic rings. The van der Waals surface area contributed by atoms with Crippen molar-refractivity contribution in [3.05, 3.63) is 0 Å². The molecule has 1 rings (SSSR count). The normalized spacial score (nSPS) is 18.1. The van der Waals surface area contributed by atoms with E-state index in [1.165, 1.54) is 0 Å². The average molecular weight is 272 g/mol. The zero-order valence-corrected chi connectivity index (χ0v) is 12.3. The van der Waals surface area contributed by atoms with Crippen LogP contribution in [-0.2, 0) is 14.3 Å². The van der Waals surface area contributed by atoms with E-state index in [1.807, 2.05) is 13.8 Å². The molecule has 1 heterocycles. The van der Waals surface area contributed by atoms with Gasteiger partial charge in [0, 0.05) is 32.6 Å². The van der Waals surface area contributed by atoms with E-state index in [4.69, 9.17) is 15.2 Å². The highest BCUT2D eigenvalue weighted by Gasteiger charge is 2.21. The molecule has 112 valence electrons. The summed E-state index contributed by atoms with van der Waals surface area (Å²) >= 11 is 0. The monoisotopic (exact) mass is 272 g/mol. The quantitative estimate of drug-likeness (QED) is 0.644. The van der Waals surface area contributed by atoms with Gasteiger partial charge in [-0.15, -0.1) is 0 Å². The van der Waals surface area contributed by atoms with E-state index < -0.39 is 0 Å². The van der Waals surface area contributed by atoms with Crippen molar-refractivity contribution < 1.29 is 14.3 Å². The molecule has 5 heteroatoms. The van der Waals surface area contributed by atoms with Gasteiger partial charge in [-0.2, -0.15) is 0 Å². The summed E-state index contributed by atoms with van der Waals surface area (Å²) in [6, 6.07) is 0. The van der Waals surface area contributed by atoms with Gasteiger partial charge in [0.05, 0.1) is 0 Å². The number of hydrogen-bond donors (Lipinski definition) is 1. The van der Waals surface area contributed by atoms with E-state index in [9.17, 15) is 4.79 Å². The van der Waals surface area contributed by atoms with Gasteiger partial charge in [-0.25, -0.2) is 0 Å². The zero-order valence-electron chi connectivity index (χ0n) is 12.3. The Morgan fingerprint density at radius 1 is 1.26 bits per heavy atom. The van der Waals surface area contributed by atoms with Crippen LogP contribution in [0.2, 0.25) is 0 Å². The van der Waals surface area contributed by atoms with Gasteiger partial charge in [0.2, 0.25) is 5.91 Å². The maximum absolute atomic E-state index is 10.9. The van der Waals surface area contributed by atoms with Crippen molar-refractivity contribution in [2.75, 3.05) is 32.8 Å². The summed E-state index contributed by atoms with van der Waals surface area (Å²) in [6.07, 6.45) is 3.49. The summed E-state index contributed by atoms with van der Waals surface area (Å²) in [5, 5.41) is 0. The minimum absolute atomic E-state index is 0.0849. The highest BCUT2D eigenvalue weighted by atomic mass is 16.7. The Morgan fingerprint density at radius 2 is 1.84 bits per heavy atom. The number of hydrogen-bond acceptors (Lipinski definition) is 4. The van der Waals surface area contributed by atoms with E-state index in [1.54, 1.807) is 0 Å². The minimum atomic E-state index is -0.175. The summed E-state index contributed by atoms with van der Waals surface area (Å²) in [7, 11) is 0. The number of carbonyl (C=O) groups is 1. The third-order valence-corrected chi connectivity index (χ3v) is 3.58. The van der Waals surface area contributed by atoms with Crippen molar-refractivity contribution in [1.29, 1.82) is 0 Å². The zero-order chi connectivity index (χ0) is 14.1. The van der Waals surface area contributed by atoms with Gasteiger partial charge >= 0.3 is 0 Å². The molecule has 2 N–H and O–H groups in total. The van der Waals surface area contributed by atoms with Crippen molar-refractivity contribution in [3.63, 3.8) is 0 Å². The molecule has 0 aromatic carbocycles. The Hall–Kier alpha value is -0.650. The number of likely N-dealkylation sites (tertiary alicyclic amines) is 1. The molecule has 0 aromatic heterocycles. The van der Waals surface area contributed by atoms with Crippen LogP contribution in [0.4, 0.5) is 0 Å². The number of piperidine rings is 1. The van der Waals surface area contributed by atoms with Gasteiger partial charge in [-0.3, -0.25) is 4.79 Å². The Labute approximate surface area is 116 Å². The first-order valence-electron chi connectivity index (χ1n) is 7.39. The summed E-state index contributed by atoms with van der Waals surface area (Å²) in [4.78, 5) is 13.3. The molecule has 0 atom stereocenters. The average Bonchev–Trinajstić information content (AvgIpc) is 2.37. The van der Waals surface area contributed by atoms with Crippen LogP contribution in [0, 0.1) is 5.92 Å². The van der Waals surface area contributed by atoms with Gasteiger partial charge in [-0.05, 0) is 45.7 Å². The predicted octanol–water partition coefficient (Wildman–Crippen LogP) is 1.36. The fraction of sp³-hybridized carbons (Fsp3) is 0.929. The van der Waals surface area contributed by atoms with Gasteiger partial charge in [0.1, 0.15) is 0 Å². The molecular weight excluding hydrogens is 244 g/mol. The number of nitrogens with two attached hydrogens (primary N) is 1. The predicted molar refractivity (Wildman–Crippen MR) is 74.6 cm³/mol. The van der Waals surface area contributed by atoms with Gasteiger partial charge < -0.3 is 20.1 Å². The van der Waals surface area contributed by atoms with Crippen molar-refractivity contribution in [2.24, 2.45) is 11.7 Å². The molecule has 0 aliphatic carbocycles. The molecule has 0 unspecified atom stereocenters. The number of primary amides is 1. The van der Waals surface area contributed by atoms with Crippen LogP contribution in [0.1, 0.15) is 39.5 Å². The maximum atomic E-state index is 10.9. The molecule has 19 heavy (non-hydrogen) atoms. The second kappa shape index (κ2) is 9.28. The van der Waals surface area contributed by atoms with E-state index in [0.29, 0.717) is 25.6 Å². The summed E-state index contributed by atoms with van der Waals surface area (Å²) in [5.74, 6) is 0.300. The molecule has 1 fully saturated rings. The van der Waals surface area contributed by atoms with Crippen molar-refractivity contribution >= 4 is 5.91 Å². The lowest BCUT2D eigenvalue weighted by atomic mass is 9.93. The van der Waals surface area contributed by atoms with Crippen molar-refractivity contribution in [2.45, 2.75) is 45.8 Å². The Balaban J connectivity index is 2.19. The van der Waals surface area contributed by atoms with Gasteiger partial charge in [0.25, 0.3) is 0 Å². The molecule has 0 saturated carbocycles. The Bertz CT molecular complexity index is 247. The van der Waals surface area contributed by atoms with E-state index in [2.05, 4.69) is 4.90 Å². The fourth-order valence-electron chi connectivity index (χ4n) is 2.57. The van der Waals surface area contributed by atoms with Gasteiger partial charge in [0.15, 0.2) is 6.29 Å². The highest BCUT2D eigenvalue weighted by molar-refractivity contribution is 5.73. The van der Waals surface area contributed by atoms with E-state index in [-0.39, 0.29) is 12.2 Å². The molecular formula is C14H28N2O3. The molecule has 0 spiro atoms. The van der Waals surface area contributed by atoms with Crippen LogP contribution in [0.15, 0.2) is 0 Å². The minimum Gasteiger partial charge on any atom is -0.370 e. The van der Waals surface area contributed by atoms with Crippen LogP contribution in [0.3, 0.4) is 0 Å². The maximum Gasteiger partial charge on any atom is 0.217 e. The first kappa shape index (κ1) is 16.4. The third kappa shape index (κ3) is 6.89. The molecule has 1 aliphatic heterocycles. The van der Waals surface area contributed by atoms with Crippen LogP contribution < -0.4 is 5.73 Å². The second-order valence-corrected chi connectivity index (χ2v) is 5.08. The first-order chi connectivity index (χ1) is 9.15. The number of ether oxygens (including phenoxy) is 2. The number of rotatable bonds is 9. The third-order valence-electron chi connectivity index (χ3n) is 3.58. The Kier molecular flexibility index (Phi) is 8.02.